The zero-order valence-corrected chi connectivity index (χ0v) is 16.8. The van der Waals surface area contributed by atoms with Crippen molar-refractivity contribution in [2.45, 2.75) is 6.61 Å². The van der Waals surface area contributed by atoms with Crippen molar-refractivity contribution >= 4 is 34.5 Å². The molecule has 1 N–H and O–H groups in total. The van der Waals surface area contributed by atoms with Crippen LogP contribution in [0.3, 0.4) is 0 Å². The summed E-state index contributed by atoms with van der Waals surface area (Å²) in [6, 6.07) is 28.7. The quantitative estimate of drug-likeness (QED) is 0.318. The van der Waals surface area contributed by atoms with Gasteiger partial charge in [-0.1, -0.05) is 48.0 Å². The predicted octanol–water partition coefficient (Wildman–Crippen LogP) is 5.84. The van der Waals surface area contributed by atoms with Crippen molar-refractivity contribution in [2.24, 2.45) is 5.10 Å². The fraction of sp³-hybridized carbons (Fsp3) is 0.0400. The molecular formula is C25H19ClN2O2. The standard InChI is InChI=1S/C25H19ClN2O2/c26-23-11-9-21(10-12-23)25(29)28-27-16-18-6-13-24(14-7-18)30-17-19-5-8-20-3-1-2-4-22(20)15-19/h1-16H,17H2,(H,28,29)/b27-16+. The minimum atomic E-state index is -0.293. The molecule has 0 bridgehead atoms. The Morgan fingerprint density at radius 2 is 1.63 bits per heavy atom. The van der Waals surface area contributed by atoms with Crippen LogP contribution in [0.5, 0.6) is 5.75 Å². The number of hydrogen-bond acceptors (Lipinski definition) is 3. The Morgan fingerprint density at radius 3 is 2.40 bits per heavy atom. The molecule has 30 heavy (non-hydrogen) atoms. The molecule has 0 spiro atoms. The van der Waals surface area contributed by atoms with Crippen LogP contribution in [0, 0.1) is 0 Å². The molecule has 0 unspecified atom stereocenters. The topological polar surface area (TPSA) is 50.7 Å². The molecule has 0 aliphatic heterocycles. The summed E-state index contributed by atoms with van der Waals surface area (Å²) in [6.45, 7) is 0.495. The average molecular weight is 415 g/mol. The third-order valence-electron chi connectivity index (χ3n) is 4.59. The molecule has 1 amide bonds. The SMILES string of the molecule is O=C(N/N=C/c1ccc(OCc2ccc3ccccc3c2)cc1)c1ccc(Cl)cc1. The first kappa shape index (κ1) is 19.7. The number of carbonyl (C=O) groups is 1. The molecule has 148 valence electrons. The maximum Gasteiger partial charge on any atom is 0.271 e. The minimum absolute atomic E-state index is 0.293. The number of fused-ring (bicyclic) bond motifs is 1. The second-order valence-corrected chi connectivity index (χ2v) is 7.18. The van der Waals surface area contributed by atoms with E-state index in [2.05, 4.69) is 40.9 Å². The monoisotopic (exact) mass is 414 g/mol. The smallest absolute Gasteiger partial charge is 0.271 e. The highest BCUT2D eigenvalue weighted by Gasteiger charge is 2.03. The van der Waals surface area contributed by atoms with Gasteiger partial charge >= 0.3 is 0 Å². The molecule has 0 atom stereocenters. The molecule has 4 rings (SSSR count). The molecule has 0 saturated heterocycles. The molecule has 0 radical (unpaired) electrons. The van der Waals surface area contributed by atoms with E-state index in [4.69, 9.17) is 16.3 Å². The zero-order valence-electron chi connectivity index (χ0n) is 16.1. The van der Waals surface area contributed by atoms with Gasteiger partial charge in [-0.05, 0) is 76.5 Å². The van der Waals surface area contributed by atoms with E-state index in [1.54, 1.807) is 30.5 Å². The number of nitrogens with one attached hydrogen (secondary N) is 1. The van der Waals surface area contributed by atoms with E-state index >= 15 is 0 Å². The van der Waals surface area contributed by atoms with E-state index < -0.39 is 0 Å². The van der Waals surface area contributed by atoms with Crippen LogP contribution in [0.2, 0.25) is 5.02 Å². The van der Waals surface area contributed by atoms with Crippen LogP contribution >= 0.6 is 11.6 Å². The van der Waals surface area contributed by atoms with Crippen LogP contribution in [0.1, 0.15) is 21.5 Å². The lowest BCUT2D eigenvalue weighted by atomic mass is 10.1. The van der Waals surface area contributed by atoms with E-state index in [1.807, 2.05) is 36.4 Å². The number of hydrogen-bond donors (Lipinski definition) is 1. The van der Waals surface area contributed by atoms with Crippen molar-refractivity contribution < 1.29 is 9.53 Å². The molecule has 0 aliphatic carbocycles. The van der Waals surface area contributed by atoms with Crippen LogP contribution in [-0.2, 0) is 6.61 Å². The number of ether oxygens (including phenoxy) is 1. The van der Waals surface area contributed by atoms with E-state index in [-0.39, 0.29) is 5.91 Å². The van der Waals surface area contributed by atoms with Gasteiger partial charge in [0.1, 0.15) is 12.4 Å². The van der Waals surface area contributed by atoms with Gasteiger partial charge in [0.15, 0.2) is 0 Å². The van der Waals surface area contributed by atoms with Crippen LogP contribution in [-0.4, -0.2) is 12.1 Å². The van der Waals surface area contributed by atoms with Crippen molar-refractivity contribution in [1.29, 1.82) is 0 Å². The fourth-order valence-corrected chi connectivity index (χ4v) is 3.10. The second kappa shape index (κ2) is 9.25. The lowest BCUT2D eigenvalue weighted by Crippen LogP contribution is -2.17. The van der Waals surface area contributed by atoms with Gasteiger partial charge in [0, 0.05) is 10.6 Å². The summed E-state index contributed by atoms with van der Waals surface area (Å²) in [5, 5.41) is 6.99. The second-order valence-electron chi connectivity index (χ2n) is 6.75. The highest BCUT2D eigenvalue weighted by atomic mass is 35.5. The molecular weight excluding hydrogens is 396 g/mol. The summed E-state index contributed by atoms with van der Waals surface area (Å²) in [6.07, 6.45) is 1.58. The lowest BCUT2D eigenvalue weighted by molar-refractivity contribution is 0.0955. The van der Waals surface area contributed by atoms with Gasteiger partial charge in [-0.3, -0.25) is 4.79 Å². The van der Waals surface area contributed by atoms with E-state index in [0.717, 1.165) is 16.9 Å². The van der Waals surface area contributed by atoms with Gasteiger partial charge in [0.25, 0.3) is 5.91 Å². The summed E-state index contributed by atoms with van der Waals surface area (Å²) in [4.78, 5) is 12.0. The normalized spacial score (nSPS) is 11.0. The molecule has 0 fully saturated rings. The number of halogens is 1. The number of rotatable bonds is 6. The Balaban J connectivity index is 1.31. The maximum atomic E-state index is 12.0. The van der Waals surface area contributed by atoms with Crippen molar-refractivity contribution in [3.05, 3.63) is 113 Å². The Kier molecular flexibility index (Phi) is 6.06. The van der Waals surface area contributed by atoms with Crippen LogP contribution in [0.4, 0.5) is 0 Å². The molecule has 4 aromatic carbocycles. The third-order valence-corrected chi connectivity index (χ3v) is 4.84. The number of amides is 1. The van der Waals surface area contributed by atoms with Crippen molar-refractivity contribution in [3.8, 4) is 5.75 Å². The summed E-state index contributed by atoms with van der Waals surface area (Å²) < 4.78 is 5.88. The van der Waals surface area contributed by atoms with E-state index in [1.165, 1.54) is 10.8 Å². The summed E-state index contributed by atoms with van der Waals surface area (Å²) in [5.41, 5.74) is 4.96. The number of benzene rings is 4. The fourth-order valence-electron chi connectivity index (χ4n) is 2.98. The summed E-state index contributed by atoms with van der Waals surface area (Å²) in [7, 11) is 0. The van der Waals surface area contributed by atoms with E-state index in [9.17, 15) is 4.79 Å². The Bertz CT molecular complexity index is 1190. The number of carbonyl (C=O) groups excluding carboxylic acids is 1. The first-order chi connectivity index (χ1) is 14.7. The minimum Gasteiger partial charge on any atom is -0.489 e. The summed E-state index contributed by atoms with van der Waals surface area (Å²) >= 11 is 5.82. The maximum absolute atomic E-state index is 12.0. The molecule has 5 heteroatoms. The van der Waals surface area contributed by atoms with Crippen molar-refractivity contribution in [3.63, 3.8) is 0 Å². The predicted molar refractivity (Wildman–Crippen MR) is 121 cm³/mol. The number of hydrazone groups is 1. The molecule has 0 aromatic heterocycles. The highest BCUT2D eigenvalue weighted by molar-refractivity contribution is 6.30. The molecule has 0 saturated carbocycles. The average Bonchev–Trinajstić information content (AvgIpc) is 2.79. The first-order valence-electron chi connectivity index (χ1n) is 9.47. The molecule has 4 nitrogen and oxygen atoms in total. The van der Waals surface area contributed by atoms with Gasteiger partial charge < -0.3 is 4.74 Å². The molecule has 4 aromatic rings. The molecule has 0 aliphatic rings. The number of nitrogens with zero attached hydrogens (tertiary/aromatic N) is 1. The van der Waals surface area contributed by atoms with Gasteiger partial charge in [-0.25, -0.2) is 5.43 Å². The summed E-state index contributed by atoms with van der Waals surface area (Å²) in [5.74, 6) is 0.476. The van der Waals surface area contributed by atoms with E-state index in [0.29, 0.717) is 17.2 Å². The highest BCUT2D eigenvalue weighted by Crippen LogP contribution is 2.18. The van der Waals surface area contributed by atoms with Gasteiger partial charge in [0.05, 0.1) is 6.21 Å². The zero-order chi connectivity index (χ0) is 20.8. The van der Waals surface area contributed by atoms with Gasteiger partial charge in [-0.2, -0.15) is 5.10 Å². The first-order valence-corrected chi connectivity index (χ1v) is 9.85. The van der Waals surface area contributed by atoms with Crippen molar-refractivity contribution in [1.82, 2.24) is 5.43 Å². The van der Waals surface area contributed by atoms with Crippen LogP contribution in [0.15, 0.2) is 96.1 Å². The van der Waals surface area contributed by atoms with Gasteiger partial charge in [0.2, 0.25) is 0 Å². The largest absolute Gasteiger partial charge is 0.489 e. The molecule has 0 heterocycles. The Morgan fingerprint density at radius 1 is 0.900 bits per heavy atom. The third kappa shape index (κ3) is 5.04. The lowest BCUT2D eigenvalue weighted by Gasteiger charge is -2.07. The van der Waals surface area contributed by atoms with Crippen LogP contribution < -0.4 is 10.2 Å². The Labute approximate surface area is 179 Å². The van der Waals surface area contributed by atoms with Crippen LogP contribution in [0.25, 0.3) is 10.8 Å². The van der Waals surface area contributed by atoms with Crippen molar-refractivity contribution in [2.75, 3.05) is 0 Å². The van der Waals surface area contributed by atoms with Gasteiger partial charge in [-0.15, -0.1) is 0 Å². The Hall–Kier alpha value is -3.63.